The highest BCUT2D eigenvalue weighted by atomic mass is 16.5. The summed E-state index contributed by atoms with van der Waals surface area (Å²) < 4.78 is 23.4. The van der Waals surface area contributed by atoms with E-state index in [4.69, 9.17) is 18.9 Å². The van der Waals surface area contributed by atoms with Gasteiger partial charge < -0.3 is 18.9 Å². The topological polar surface area (TPSA) is 40.2 Å². The van der Waals surface area contributed by atoms with Crippen LogP contribution in [-0.2, 0) is 22.5 Å². The molecule has 32 heavy (non-hydrogen) atoms. The van der Waals surface area contributed by atoms with Crippen molar-refractivity contribution in [2.75, 3.05) is 33.9 Å². The first-order chi connectivity index (χ1) is 15.8. The minimum Gasteiger partial charge on any atom is -0.493 e. The van der Waals surface area contributed by atoms with Crippen LogP contribution in [0.25, 0.3) is 0 Å². The molecule has 0 N–H and O–H groups in total. The van der Waals surface area contributed by atoms with Crippen LogP contribution in [0.15, 0.2) is 48.5 Å². The molecule has 3 atom stereocenters. The lowest BCUT2D eigenvalue weighted by molar-refractivity contribution is -0.0352. The first-order valence-electron chi connectivity index (χ1n) is 12.0. The normalized spacial score (nSPS) is 23.9. The van der Waals surface area contributed by atoms with Crippen molar-refractivity contribution in [3.05, 3.63) is 59.7 Å². The number of ether oxygens (including phenoxy) is 4. The molecule has 1 aliphatic heterocycles. The van der Waals surface area contributed by atoms with Gasteiger partial charge in [-0.25, -0.2) is 0 Å². The molecule has 0 aromatic heterocycles. The van der Waals surface area contributed by atoms with Crippen molar-refractivity contribution >= 4 is 0 Å². The Morgan fingerprint density at radius 1 is 0.844 bits per heavy atom. The van der Waals surface area contributed by atoms with Crippen LogP contribution in [0.5, 0.6) is 11.5 Å². The van der Waals surface area contributed by atoms with Gasteiger partial charge in [0.25, 0.3) is 0 Å². The minimum atomic E-state index is 0.316. The summed E-state index contributed by atoms with van der Waals surface area (Å²) in [7, 11) is 3.34. The van der Waals surface area contributed by atoms with Crippen molar-refractivity contribution in [2.45, 2.75) is 63.4 Å². The molecule has 4 rings (SSSR count). The zero-order valence-electron chi connectivity index (χ0n) is 19.5. The van der Waals surface area contributed by atoms with Gasteiger partial charge >= 0.3 is 0 Å². The summed E-state index contributed by atoms with van der Waals surface area (Å²) in [6.45, 7) is 3.57. The molecular weight excluding hydrogens is 402 g/mol. The zero-order chi connectivity index (χ0) is 22.2. The second-order valence-electron chi connectivity index (χ2n) is 8.90. The van der Waals surface area contributed by atoms with E-state index in [0.717, 1.165) is 50.5 Å². The summed E-state index contributed by atoms with van der Waals surface area (Å²) >= 11 is 0. The second-order valence-corrected chi connectivity index (χ2v) is 8.90. The zero-order valence-corrected chi connectivity index (χ0v) is 19.5. The highest BCUT2D eigenvalue weighted by molar-refractivity contribution is 5.42. The third-order valence-corrected chi connectivity index (χ3v) is 6.81. The highest BCUT2D eigenvalue weighted by Gasteiger charge is 2.35. The Morgan fingerprint density at radius 3 is 2.47 bits per heavy atom. The molecule has 5 nitrogen and oxygen atoms in total. The van der Waals surface area contributed by atoms with Gasteiger partial charge in [-0.05, 0) is 48.9 Å². The molecule has 0 amide bonds. The van der Waals surface area contributed by atoms with Crippen molar-refractivity contribution in [2.24, 2.45) is 0 Å². The third kappa shape index (κ3) is 6.03. The van der Waals surface area contributed by atoms with Crippen molar-refractivity contribution in [3.63, 3.8) is 0 Å². The number of rotatable bonds is 10. The van der Waals surface area contributed by atoms with Crippen molar-refractivity contribution in [3.8, 4) is 11.5 Å². The molecule has 2 fully saturated rings. The monoisotopic (exact) mass is 439 g/mol. The van der Waals surface area contributed by atoms with Crippen molar-refractivity contribution < 1.29 is 18.9 Å². The first-order valence-corrected chi connectivity index (χ1v) is 12.0. The number of methoxy groups -OCH3 is 2. The van der Waals surface area contributed by atoms with Crippen LogP contribution < -0.4 is 9.47 Å². The molecule has 1 saturated carbocycles. The highest BCUT2D eigenvalue weighted by Crippen LogP contribution is 2.30. The van der Waals surface area contributed by atoms with E-state index in [9.17, 15) is 0 Å². The van der Waals surface area contributed by atoms with Crippen LogP contribution in [0.2, 0.25) is 0 Å². The maximum absolute atomic E-state index is 6.45. The van der Waals surface area contributed by atoms with E-state index in [2.05, 4.69) is 47.4 Å². The largest absolute Gasteiger partial charge is 0.493 e. The summed E-state index contributed by atoms with van der Waals surface area (Å²) in [6, 6.07) is 17.1. The van der Waals surface area contributed by atoms with E-state index in [0.29, 0.717) is 24.9 Å². The van der Waals surface area contributed by atoms with Gasteiger partial charge in [0.2, 0.25) is 0 Å². The Bertz CT molecular complexity index is 828. The summed E-state index contributed by atoms with van der Waals surface area (Å²) in [4.78, 5) is 2.62. The second kappa shape index (κ2) is 11.7. The maximum Gasteiger partial charge on any atom is 0.160 e. The Hall–Kier alpha value is -2.08. The number of nitrogens with zero attached hydrogens (tertiary/aromatic N) is 1. The van der Waals surface area contributed by atoms with Gasteiger partial charge in [0.1, 0.15) is 0 Å². The average Bonchev–Trinajstić information content (AvgIpc) is 3.32. The fourth-order valence-electron chi connectivity index (χ4n) is 5.03. The van der Waals surface area contributed by atoms with Gasteiger partial charge in [-0.1, -0.05) is 49.2 Å². The van der Waals surface area contributed by atoms with Gasteiger partial charge in [0, 0.05) is 19.1 Å². The molecule has 1 saturated heterocycles. The third-order valence-electron chi connectivity index (χ3n) is 6.81. The van der Waals surface area contributed by atoms with Gasteiger partial charge in [-0.15, -0.1) is 0 Å². The van der Waals surface area contributed by atoms with Gasteiger partial charge in [-0.3, -0.25) is 4.90 Å². The maximum atomic E-state index is 6.45. The van der Waals surface area contributed by atoms with Gasteiger partial charge in [-0.2, -0.15) is 0 Å². The fraction of sp³-hybridized carbons (Fsp3) is 0.556. The van der Waals surface area contributed by atoms with E-state index >= 15 is 0 Å². The molecule has 1 aliphatic carbocycles. The average molecular weight is 440 g/mol. The summed E-state index contributed by atoms with van der Waals surface area (Å²) in [6.07, 6.45) is 7.58. The summed E-state index contributed by atoms with van der Waals surface area (Å²) in [5.41, 5.74) is 2.46. The van der Waals surface area contributed by atoms with Crippen molar-refractivity contribution in [1.82, 2.24) is 4.90 Å². The Kier molecular flexibility index (Phi) is 8.43. The molecule has 2 aromatic rings. The smallest absolute Gasteiger partial charge is 0.160 e. The quantitative estimate of drug-likeness (QED) is 0.528. The van der Waals surface area contributed by atoms with Crippen LogP contribution in [0.3, 0.4) is 0 Å². The molecule has 1 heterocycles. The predicted molar refractivity (Wildman–Crippen MR) is 126 cm³/mol. The molecule has 0 unspecified atom stereocenters. The molecule has 2 aromatic carbocycles. The SMILES string of the molecule is COc1ccc(CCO[C@@H]2CCCC[C@H]2N2CC[C@@H](OCc3ccccc3)C2)cc1OC. The van der Waals surface area contributed by atoms with Gasteiger partial charge in [0.05, 0.1) is 39.6 Å². The standard InChI is InChI=1S/C27H37NO4/c1-29-26-13-12-21(18-27(26)30-2)15-17-31-25-11-7-6-10-24(25)28-16-14-23(19-28)32-20-22-8-4-3-5-9-22/h3-5,8-9,12-13,18,23-25H,6-7,10-11,14-17,19-20H2,1-2H3/t23-,24-,25-/m1/s1. The number of likely N-dealkylation sites (tertiary alicyclic amines) is 1. The molecule has 0 radical (unpaired) electrons. The first kappa shape index (κ1) is 23.1. The lowest BCUT2D eigenvalue weighted by atomic mass is 9.91. The van der Waals surface area contributed by atoms with E-state index in [-0.39, 0.29) is 0 Å². The number of hydrogen-bond acceptors (Lipinski definition) is 5. The van der Waals surface area contributed by atoms with Gasteiger partial charge in [0.15, 0.2) is 11.5 Å². The molecule has 2 aliphatic rings. The number of hydrogen-bond donors (Lipinski definition) is 0. The molecule has 0 spiro atoms. The lowest BCUT2D eigenvalue weighted by Crippen LogP contribution is -2.46. The van der Waals surface area contributed by atoms with E-state index in [1.165, 1.54) is 30.4 Å². The van der Waals surface area contributed by atoms with Crippen LogP contribution in [0, 0.1) is 0 Å². The van der Waals surface area contributed by atoms with E-state index in [1.807, 2.05) is 6.07 Å². The Morgan fingerprint density at radius 2 is 1.66 bits per heavy atom. The Labute approximate surface area is 192 Å². The number of benzene rings is 2. The van der Waals surface area contributed by atoms with E-state index in [1.54, 1.807) is 14.2 Å². The summed E-state index contributed by atoms with van der Waals surface area (Å²) in [5.74, 6) is 1.54. The van der Waals surface area contributed by atoms with Crippen LogP contribution in [-0.4, -0.2) is 57.1 Å². The van der Waals surface area contributed by atoms with E-state index < -0.39 is 0 Å². The summed E-state index contributed by atoms with van der Waals surface area (Å²) in [5, 5.41) is 0. The molecule has 5 heteroatoms. The van der Waals surface area contributed by atoms with Crippen LogP contribution in [0.4, 0.5) is 0 Å². The van der Waals surface area contributed by atoms with Crippen molar-refractivity contribution in [1.29, 1.82) is 0 Å². The fourth-order valence-corrected chi connectivity index (χ4v) is 5.03. The lowest BCUT2D eigenvalue weighted by Gasteiger charge is -2.37. The van der Waals surface area contributed by atoms with Crippen LogP contribution in [0.1, 0.15) is 43.2 Å². The molecule has 0 bridgehead atoms. The molecule has 174 valence electrons. The predicted octanol–water partition coefficient (Wildman–Crippen LogP) is 4.87. The minimum absolute atomic E-state index is 0.316. The molecular formula is C27H37NO4. The Balaban J connectivity index is 1.26. The van der Waals surface area contributed by atoms with Crippen LogP contribution >= 0.6 is 0 Å².